The van der Waals surface area contributed by atoms with Crippen LogP contribution in [0.15, 0.2) is 6.20 Å². The molecule has 0 spiro atoms. The van der Waals surface area contributed by atoms with Gasteiger partial charge in [0.2, 0.25) is 5.28 Å². The zero-order chi connectivity index (χ0) is 10.8. The molecule has 1 aliphatic rings. The first-order valence-electron chi connectivity index (χ1n) is 4.81. The van der Waals surface area contributed by atoms with Crippen molar-refractivity contribution in [1.29, 1.82) is 0 Å². The van der Waals surface area contributed by atoms with E-state index in [0.717, 1.165) is 6.54 Å². The Kier molecular flexibility index (Phi) is 2.93. The lowest BCUT2D eigenvalue weighted by atomic mass is 10.2. The molecule has 1 unspecified atom stereocenters. The Labute approximate surface area is 93.2 Å². The lowest BCUT2D eigenvalue weighted by molar-refractivity contribution is 0.0986. The monoisotopic (exact) mass is 228 g/mol. The predicted molar refractivity (Wildman–Crippen MR) is 59.1 cm³/mol. The zero-order valence-corrected chi connectivity index (χ0v) is 9.24. The first-order valence-corrected chi connectivity index (χ1v) is 5.18. The Bertz CT molecular complexity index is 360. The topological polar surface area (TPSA) is 64.3 Å². The predicted octanol–water partition coefficient (Wildman–Crippen LogP) is 0.937. The first kappa shape index (κ1) is 10.4. The van der Waals surface area contributed by atoms with E-state index in [4.69, 9.17) is 22.1 Å². The van der Waals surface area contributed by atoms with Crippen LogP contribution in [0.4, 0.5) is 11.5 Å². The van der Waals surface area contributed by atoms with E-state index in [1.54, 1.807) is 0 Å². The zero-order valence-electron chi connectivity index (χ0n) is 8.48. The number of rotatable bonds is 1. The minimum absolute atomic E-state index is 0.220. The van der Waals surface area contributed by atoms with Gasteiger partial charge in [-0.25, -0.2) is 4.98 Å². The largest absolute Gasteiger partial charge is 0.394 e. The summed E-state index contributed by atoms with van der Waals surface area (Å²) in [5, 5.41) is 0.220. The van der Waals surface area contributed by atoms with Gasteiger partial charge in [-0.05, 0) is 18.5 Å². The molecular weight excluding hydrogens is 216 g/mol. The second kappa shape index (κ2) is 4.20. The molecule has 5 nitrogen and oxygen atoms in total. The van der Waals surface area contributed by atoms with Gasteiger partial charge in [0.1, 0.15) is 0 Å². The van der Waals surface area contributed by atoms with Crippen LogP contribution < -0.4 is 10.6 Å². The van der Waals surface area contributed by atoms with E-state index in [1.807, 2.05) is 0 Å². The second-order valence-electron chi connectivity index (χ2n) is 3.54. The van der Waals surface area contributed by atoms with Crippen LogP contribution in [0.25, 0.3) is 0 Å². The Morgan fingerprint density at radius 1 is 1.67 bits per heavy atom. The molecule has 6 heteroatoms. The van der Waals surface area contributed by atoms with Gasteiger partial charge in [-0.2, -0.15) is 4.98 Å². The molecule has 0 aliphatic carbocycles. The van der Waals surface area contributed by atoms with Gasteiger partial charge in [0.05, 0.1) is 31.1 Å². The summed E-state index contributed by atoms with van der Waals surface area (Å²) in [5.41, 5.74) is 6.37. The molecule has 1 aliphatic heterocycles. The molecular formula is C9H13ClN4O. The molecule has 0 aromatic carbocycles. The van der Waals surface area contributed by atoms with Gasteiger partial charge in [0.25, 0.3) is 0 Å². The number of anilines is 2. The van der Waals surface area contributed by atoms with Crippen LogP contribution in [0.3, 0.4) is 0 Å². The average molecular weight is 229 g/mol. The summed E-state index contributed by atoms with van der Waals surface area (Å²) in [6.45, 7) is 4.21. The number of ether oxygens (including phenoxy) is 1. The summed E-state index contributed by atoms with van der Waals surface area (Å²) in [4.78, 5) is 10.1. The molecule has 1 aromatic rings. The highest BCUT2D eigenvalue weighted by Crippen LogP contribution is 2.24. The number of hydrogen-bond acceptors (Lipinski definition) is 5. The summed E-state index contributed by atoms with van der Waals surface area (Å²) in [7, 11) is 0. The molecule has 2 rings (SSSR count). The quantitative estimate of drug-likeness (QED) is 0.725. The highest BCUT2D eigenvalue weighted by atomic mass is 35.5. The maximum Gasteiger partial charge on any atom is 0.224 e. The van der Waals surface area contributed by atoms with E-state index < -0.39 is 0 Å². The Morgan fingerprint density at radius 3 is 3.20 bits per heavy atom. The van der Waals surface area contributed by atoms with Gasteiger partial charge in [0.15, 0.2) is 5.82 Å². The molecule has 2 heterocycles. The van der Waals surface area contributed by atoms with Crippen LogP contribution >= 0.6 is 11.6 Å². The minimum Gasteiger partial charge on any atom is -0.394 e. The minimum atomic E-state index is 0.220. The van der Waals surface area contributed by atoms with Crippen molar-refractivity contribution in [1.82, 2.24) is 9.97 Å². The Balaban J connectivity index is 2.30. The Hall–Kier alpha value is -1.07. The number of halogens is 1. The van der Waals surface area contributed by atoms with Crippen molar-refractivity contribution < 1.29 is 4.74 Å². The van der Waals surface area contributed by atoms with Crippen LogP contribution in [0.2, 0.25) is 5.28 Å². The summed E-state index contributed by atoms with van der Waals surface area (Å²) >= 11 is 5.75. The van der Waals surface area contributed by atoms with Gasteiger partial charge < -0.3 is 15.4 Å². The van der Waals surface area contributed by atoms with Crippen LogP contribution in [-0.4, -0.2) is 35.8 Å². The molecule has 0 radical (unpaired) electrons. The average Bonchev–Trinajstić information content (AvgIpc) is 2.23. The van der Waals surface area contributed by atoms with Gasteiger partial charge in [-0.15, -0.1) is 0 Å². The summed E-state index contributed by atoms with van der Waals surface area (Å²) in [5.74, 6) is 0.700. The van der Waals surface area contributed by atoms with E-state index in [0.29, 0.717) is 24.7 Å². The number of nitrogens with two attached hydrogens (primary N) is 1. The van der Waals surface area contributed by atoms with Crippen LogP contribution in [0.5, 0.6) is 0 Å². The summed E-state index contributed by atoms with van der Waals surface area (Å²) in [6, 6.07) is 0.256. The highest BCUT2D eigenvalue weighted by molar-refractivity contribution is 6.28. The Morgan fingerprint density at radius 2 is 2.47 bits per heavy atom. The van der Waals surface area contributed by atoms with Gasteiger partial charge in [-0.1, -0.05) is 0 Å². The van der Waals surface area contributed by atoms with Gasteiger partial charge in [0, 0.05) is 6.54 Å². The van der Waals surface area contributed by atoms with Crippen molar-refractivity contribution in [3.63, 3.8) is 0 Å². The molecule has 0 bridgehead atoms. The maximum absolute atomic E-state index is 5.82. The standard InChI is InChI=1S/C9H13ClN4O/c1-6-5-15-3-2-14(6)8-7(11)4-12-9(10)13-8/h4,6H,2-3,5,11H2,1H3. The van der Waals surface area contributed by atoms with Crippen LogP contribution in [-0.2, 0) is 4.74 Å². The molecule has 1 aromatic heterocycles. The highest BCUT2D eigenvalue weighted by Gasteiger charge is 2.22. The SMILES string of the molecule is CC1COCCN1c1nc(Cl)ncc1N. The molecule has 82 valence electrons. The molecule has 2 N–H and O–H groups in total. The number of nitrogen functional groups attached to an aromatic ring is 1. The summed E-state index contributed by atoms with van der Waals surface area (Å²) in [6.07, 6.45) is 1.53. The van der Waals surface area contributed by atoms with Crippen LogP contribution in [0.1, 0.15) is 6.92 Å². The van der Waals surface area contributed by atoms with E-state index >= 15 is 0 Å². The van der Waals surface area contributed by atoms with Crippen molar-refractivity contribution in [2.24, 2.45) is 0 Å². The van der Waals surface area contributed by atoms with E-state index in [1.165, 1.54) is 6.20 Å². The number of morpholine rings is 1. The number of hydrogen-bond donors (Lipinski definition) is 1. The normalized spacial score (nSPS) is 21.7. The number of aromatic nitrogens is 2. The fraction of sp³-hybridized carbons (Fsp3) is 0.556. The van der Waals surface area contributed by atoms with E-state index in [9.17, 15) is 0 Å². The first-order chi connectivity index (χ1) is 7.18. The van der Waals surface area contributed by atoms with Crippen molar-refractivity contribution in [2.75, 3.05) is 30.4 Å². The third-order valence-corrected chi connectivity index (χ3v) is 2.59. The van der Waals surface area contributed by atoms with Crippen LogP contribution in [0, 0.1) is 0 Å². The van der Waals surface area contributed by atoms with Crippen molar-refractivity contribution in [2.45, 2.75) is 13.0 Å². The molecule has 1 saturated heterocycles. The molecule has 1 atom stereocenters. The van der Waals surface area contributed by atoms with Gasteiger partial charge in [-0.3, -0.25) is 0 Å². The van der Waals surface area contributed by atoms with Crippen molar-refractivity contribution in [3.05, 3.63) is 11.5 Å². The van der Waals surface area contributed by atoms with Gasteiger partial charge >= 0.3 is 0 Å². The fourth-order valence-corrected chi connectivity index (χ4v) is 1.76. The smallest absolute Gasteiger partial charge is 0.224 e. The molecule has 1 fully saturated rings. The number of nitrogens with zero attached hydrogens (tertiary/aromatic N) is 3. The lowest BCUT2D eigenvalue weighted by Gasteiger charge is -2.34. The van der Waals surface area contributed by atoms with E-state index in [2.05, 4.69) is 21.8 Å². The molecule has 15 heavy (non-hydrogen) atoms. The third-order valence-electron chi connectivity index (χ3n) is 2.41. The van der Waals surface area contributed by atoms with Crippen molar-refractivity contribution in [3.8, 4) is 0 Å². The second-order valence-corrected chi connectivity index (χ2v) is 3.87. The maximum atomic E-state index is 5.82. The fourth-order valence-electron chi connectivity index (χ4n) is 1.63. The molecule has 0 saturated carbocycles. The molecule has 0 amide bonds. The van der Waals surface area contributed by atoms with Crippen molar-refractivity contribution >= 4 is 23.1 Å². The summed E-state index contributed by atoms with van der Waals surface area (Å²) < 4.78 is 5.34. The van der Waals surface area contributed by atoms with E-state index in [-0.39, 0.29) is 11.3 Å². The third kappa shape index (κ3) is 2.13. The lowest BCUT2D eigenvalue weighted by Crippen LogP contribution is -2.44.